The van der Waals surface area contributed by atoms with Crippen molar-refractivity contribution in [3.63, 3.8) is 0 Å². The first-order valence-electron chi connectivity index (χ1n) is 11.6. The van der Waals surface area contributed by atoms with E-state index in [1.54, 1.807) is 22.9 Å². The van der Waals surface area contributed by atoms with Crippen LogP contribution in [0.4, 0.5) is 0 Å². The number of aryl methyl sites for hydroxylation is 1. The molecule has 6 rings (SSSR count). The van der Waals surface area contributed by atoms with Crippen LogP contribution in [-0.4, -0.2) is 34.7 Å². The number of para-hydroxylation sites is 1. The highest BCUT2D eigenvalue weighted by molar-refractivity contribution is 7.98. The molecule has 0 spiro atoms. The van der Waals surface area contributed by atoms with Gasteiger partial charge in [0.2, 0.25) is 0 Å². The number of aromatic nitrogens is 7. The number of nitrogens with one attached hydrogen (secondary N) is 1. The Morgan fingerprint density at radius 3 is 2.45 bits per heavy atom. The molecule has 0 radical (unpaired) electrons. The highest BCUT2D eigenvalue weighted by Crippen LogP contribution is 2.32. The first-order valence-corrected chi connectivity index (χ1v) is 13.4. The van der Waals surface area contributed by atoms with Crippen molar-refractivity contribution < 1.29 is 0 Å². The van der Waals surface area contributed by atoms with Crippen LogP contribution in [-0.2, 0) is 5.75 Å². The van der Waals surface area contributed by atoms with Gasteiger partial charge in [-0.05, 0) is 37.3 Å². The summed E-state index contributed by atoms with van der Waals surface area (Å²) in [4.78, 5) is 12.7. The van der Waals surface area contributed by atoms with Gasteiger partial charge >= 0.3 is 0 Å². The molecule has 6 aromatic rings. The highest BCUT2D eigenvalue weighted by Gasteiger charge is 2.21. The van der Waals surface area contributed by atoms with E-state index in [9.17, 15) is 4.79 Å². The Hall–Kier alpha value is -3.92. The summed E-state index contributed by atoms with van der Waals surface area (Å²) in [5.41, 5.74) is 3.77. The van der Waals surface area contributed by atoms with E-state index in [1.807, 2.05) is 72.2 Å². The Balaban J connectivity index is 1.42. The fourth-order valence-corrected chi connectivity index (χ4v) is 5.56. The van der Waals surface area contributed by atoms with Gasteiger partial charge < -0.3 is 0 Å². The number of hydrogen-bond acceptors (Lipinski definition) is 6. The van der Waals surface area contributed by atoms with Crippen LogP contribution in [0.2, 0.25) is 10.0 Å². The number of benzene rings is 3. The summed E-state index contributed by atoms with van der Waals surface area (Å²) in [6, 6.07) is 25.0. The van der Waals surface area contributed by atoms with E-state index < -0.39 is 0 Å². The number of H-pyrrole nitrogens is 1. The van der Waals surface area contributed by atoms with Crippen LogP contribution in [0.25, 0.3) is 33.7 Å². The lowest BCUT2D eigenvalue weighted by atomic mass is 10.2. The maximum Gasteiger partial charge on any atom is 0.292 e. The Morgan fingerprint density at radius 1 is 0.947 bits per heavy atom. The molecule has 0 bridgehead atoms. The number of hydrogen-bond donors (Lipinski definition) is 1. The van der Waals surface area contributed by atoms with Crippen LogP contribution in [0.3, 0.4) is 0 Å². The molecule has 0 saturated heterocycles. The van der Waals surface area contributed by atoms with Crippen LogP contribution in [0, 0.1) is 6.92 Å². The van der Waals surface area contributed by atoms with Gasteiger partial charge in [0.25, 0.3) is 5.56 Å². The van der Waals surface area contributed by atoms with Crippen molar-refractivity contribution in [2.45, 2.75) is 17.8 Å². The van der Waals surface area contributed by atoms with Gasteiger partial charge in [0.1, 0.15) is 0 Å². The predicted octanol–water partition coefficient (Wildman–Crippen LogP) is 6.26. The fourth-order valence-electron chi connectivity index (χ4n) is 4.30. The van der Waals surface area contributed by atoms with E-state index in [1.165, 1.54) is 11.8 Å². The van der Waals surface area contributed by atoms with Crippen LogP contribution < -0.4 is 5.56 Å². The Morgan fingerprint density at radius 2 is 1.68 bits per heavy atom. The van der Waals surface area contributed by atoms with E-state index in [2.05, 4.69) is 25.5 Å². The summed E-state index contributed by atoms with van der Waals surface area (Å²) in [6.07, 6.45) is 0. The normalized spacial score (nSPS) is 11.3. The summed E-state index contributed by atoms with van der Waals surface area (Å²) >= 11 is 14.1. The van der Waals surface area contributed by atoms with Crippen LogP contribution in [0.15, 0.2) is 88.8 Å². The molecule has 0 aliphatic heterocycles. The lowest BCUT2D eigenvalue weighted by molar-refractivity contribution is 0.858. The molecular formula is C27H19Cl2N7OS. The number of nitrogens with zero attached hydrogens (tertiary/aromatic N) is 6. The molecule has 11 heteroatoms. The maximum atomic E-state index is 12.7. The topological polar surface area (TPSA) is 94.3 Å². The van der Waals surface area contributed by atoms with Gasteiger partial charge in [-0.15, -0.1) is 10.2 Å². The first kappa shape index (κ1) is 24.4. The fraction of sp³-hybridized carbons (Fsp3) is 0.0741. The maximum absolute atomic E-state index is 12.7. The minimum atomic E-state index is -0.382. The highest BCUT2D eigenvalue weighted by atomic mass is 35.5. The minimum Gasteiger partial charge on any atom is -0.270 e. The number of thioether (sulfide) groups is 1. The van der Waals surface area contributed by atoms with E-state index >= 15 is 0 Å². The van der Waals surface area contributed by atoms with E-state index in [4.69, 9.17) is 23.2 Å². The van der Waals surface area contributed by atoms with Crippen molar-refractivity contribution in [1.29, 1.82) is 0 Å². The molecule has 8 nitrogen and oxygen atoms in total. The molecule has 0 unspecified atom stereocenters. The van der Waals surface area contributed by atoms with Crippen molar-refractivity contribution >= 4 is 45.9 Å². The molecule has 0 fully saturated rings. The number of rotatable bonds is 6. The Bertz CT molecular complexity index is 1830. The summed E-state index contributed by atoms with van der Waals surface area (Å²) in [6.45, 7) is 1.88. The second kappa shape index (κ2) is 10.1. The van der Waals surface area contributed by atoms with Crippen LogP contribution in [0.1, 0.15) is 11.4 Å². The third-order valence-corrected chi connectivity index (χ3v) is 7.56. The summed E-state index contributed by atoms with van der Waals surface area (Å²) in [7, 11) is 0. The van der Waals surface area contributed by atoms with Gasteiger partial charge in [-0.25, -0.2) is 9.78 Å². The number of halogens is 2. The molecule has 0 atom stereocenters. The lowest BCUT2D eigenvalue weighted by Crippen LogP contribution is -2.11. The molecule has 0 aliphatic rings. The molecular weight excluding hydrogens is 541 g/mol. The Labute approximate surface area is 231 Å². The zero-order chi connectivity index (χ0) is 26.2. The molecule has 3 heterocycles. The van der Waals surface area contributed by atoms with Crippen molar-refractivity contribution in [1.82, 2.24) is 34.7 Å². The average Bonchev–Trinajstić information content (AvgIpc) is 3.53. The third kappa shape index (κ3) is 4.38. The SMILES string of the molecule is Cc1c2c(CSc3nnc(-c4ccccc4)n3-c3ccccc3)n[nH]c(=O)c2nn1-c1cc(Cl)ccc1Cl. The average molecular weight is 560 g/mol. The van der Waals surface area contributed by atoms with Crippen molar-refractivity contribution in [2.24, 2.45) is 0 Å². The van der Waals surface area contributed by atoms with E-state index in [-0.39, 0.29) is 11.1 Å². The minimum absolute atomic E-state index is 0.277. The van der Waals surface area contributed by atoms with Crippen LogP contribution in [0.5, 0.6) is 0 Å². The molecule has 3 aromatic heterocycles. The zero-order valence-corrected chi connectivity index (χ0v) is 22.3. The van der Waals surface area contributed by atoms with Crippen molar-refractivity contribution in [3.05, 3.63) is 111 Å². The molecule has 3 aromatic carbocycles. The number of aromatic amines is 1. The van der Waals surface area contributed by atoms with Gasteiger partial charge in [0.15, 0.2) is 16.5 Å². The molecule has 0 aliphatic carbocycles. The van der Waals surface area contributed by atoms with Crippen LogP contribution >= 0.6 is 35.0 Å². The lowest BCUT2D eigenvalue weighted by Gasteiger charge is -2.10. The first-order chi connectivity index (χ1) is 18.5. The van der Waals surface area contributed by atoms with Crippen molar-refractivity contribution in [2.75, 3.05) is 0 Å². The number of fused-ring (bicyclic) bond motifs is 1. The third-order valence-electron chi connectivity index (χ3n) is 6.07. The quantitative estimate of drug-likeness (QED) is 0.242. The van der Waals surface area contributed by atoms with Crippen molar-refractivity contribution in [3.8, 4) is 22.8 Å². The van der Waals surface area contributed by atoms with Gasteiger partial charge in [0.05, 0.1) is 27.5 Å². The second-order valence-corrected chi connectivity index (χ2v) is 10.2. The monoisotopic (exact) mass is 559 g/mol. The standard InChI is InChI=1S/C27H19Cl2N7OS/c1-16-23-21(30-32-26(37)24(23)34-36(16)22-14-18(28)12-13-20(22)29)15-38-27-33-31-25(17-8-4-2-5-9-17)35(27)19-10-6-3-7-11-19/h2-14H,15H2,1H3,(H,32,37). The van der Waals surface area contributed by atoms with Gasteiger partial charge in [-0.2, -0.15) is 10.2 Å². The summed E-state index contributed by atoms with van der Waals surface area (Å²) in [5, 5.41) is 22.8. The van der Waals surface area contributed by atoms with Gasteiger partial charge in [-0.1, -0.05) is 83.5 Å². The second-order valence-electron chi connectivity index (χ2n) is 8.45. The molecule has 0 amide bonds. The molecule has 38 heavy (non-hydrogen) atoms. The largest absolute Gasteiger partial charge is 0.292 e. The summed E-state index contributed by atoms with van der Waals surface area (Å²) in [5.74, 6) is 1.15. The van der Waals surface area contributed by atoms with E-state index in [0.717, 1.165) is 22.8 Å². The Kier molecular flexibility index (Phi) is 6.49. The van der Waals surface area contributed by atoms with Gasteiger partial charge in [-0.3, -0.25) is 9.36 Å². The summed E-state index contributed by atoms with van der Waals surface area (Å²) < 4.78 is 3.65. The predicted molar refractivity (Wildman–Crippen MR) is 151 cm³/mol. The molecule has 0 saturated carbocycles. The smallest absolute Gasteiger partial charge is 0.270 e. The zero-order valence-electron chi connectivity index (χ0n) is 20.0. The molecule has 1 N–H and O–H groups in total. The molecule has 188 valence electrons. The van der Waals surface area contributed by atoms with Gasteiger partial charge in [0, 0.05) is 22.0 Å². The van der Waals surface area contributed by atoms with E-state index in [0.29, 0.717) is 37.7 Å².